The summed E-state index contributed by atoms with van der Waals surface area (Å²) in [6.45, 7) is 5.25. The number of methoxy groups -OCH3 is 1. The zero-order valence-electron chi connectivity index (χ0n) is 12.2. The molecule has 2 atom stereocenters. The van der Waals surface area contributed by atoms with Crippen molar-refractivity contribution in [1.82, 2.24) is 4.90 Å². The number of likely N-dealkylation sites (N-methyl/N-ethyl adjacent to an activating group) is 1. The van der Waals surface area contributed by atoms with Gasteiger partial charge in [0.25, 0.3) is 0 Å². The Hall–Kier alpha value is -1.53. The number of rotatable bonds is 3. The Morgan fingerprint density at radius 1 is 1.42 bits per heavy atom. The second-order valence-electron chi connectivity index (χ2n) is 5.64. The summed E-state index contributed by atoms with van der Waals surface area (Å²) in [7, 11) is 3.80. The third-order valence-electron chi connectivity index (χ3n) is 4.09. The van der Waals surface area contributed by atoms with E-state index in [1.165, 1.54) is 11.1 Å². The summed E-state index contributed by atoms with van der Waals surface area (Å²) in [5.74, 6) is 1.23. The molecule has 0 N–H and O–H groups in total. The molecule has 0 fully saturated rings. The van der Waals surface area contributed by atoms with Gasteiger partial charge in [0.15, 0.2) is 0 Å². The molecule has 0 spiro atoms. The van der Waals surface area contributed by atoms with Crippen molar-refractivity contribution in [2.24, 2.45) is 11.8 Å². The highest BCUT2D eigenvalue weighted by Crippen LogP contribution is 2.38. The molecule has 2 rings (SSSR count). The average Bonchev–Trinajstić information content (AvgIpc) is 2.41. The van der Waals surface area contributed by atoms with Crippen LogP contribution in [0.3, 0.4) is 0 Å². The minimum Gasteiger partial charge on any atom is -0.497 e. The standard InChI is InChI=1S/C16H22N2O/c1-11(2)15(10-17)16-14-9-13(19-4)6-5-12(14)7-8-18(16)3/h5-6,9,11,15-16H,7-8H2,1-4H3. The zero-order valence-corrected chi connectivity index (χ0v) is 12.2. The first-order valence-electron chi connectivity index (χ1n) is 6.85. The molecule has 1 aromatic rings. The number of nitriles is 1. The van der Waals surface area contributed by atoms with Gasteiger partial charge >= 0.3 is 0 Å². The van der Waals surface area contributed by atoms with Crippen LogP contribution in [0, 0.1) is 23.2 Å². The van der Waals surface area contributed by atoms with Crippen LogP contribution in [0.4, 0.5) is 0 Å². The molecule has 0 aromatic heterocycles. The predicted octanol–water partition coefficient (Wildman–Crippen LogP) is 3.02. The third-order valence-corrected chi connectivity index (χ3v) is 4.09. The molecule has 2 unspecified atom stereocenters. The smallest absolute Gasteiger partial charge is 0.119 e. The number of fused-ring (bicyclic) bond motifs is 1. The van der Waals surface area contributed by atoms with Crippen molar-refractivity contribution < 1.29 is 4.74 Å². The molecule has 1 aromatic carbocycles. The summed E-state index contributed by atoms with van der Waals surface area (Å²) in [4.78, 5) is 2.30. The summed E-state index contributed by atoms with van der Waals surface area (Å²) < 4.78 is 5.34. The molecule has 0 saturated heterocycles. The molecule has 3 nitrogen and oxygen atoms in total. The van der Waals surface area contributed by atoms with Crippen molar-refractivity contribution in [1.29, 1.82) is 5.26 Å². The van der Waals surface area contributed by atoms with E-state index in [1.54, 1.807) is 7.11 Å². The maximum atomic E-state index is 9.51. The SMILES string of the molecule is COc1ccc2c(c1)C(C(C#N)C(C)C)N(C)CC2. The van der Waals surface area contributed by atoms with Crippen molar-refractivity contribution in [3.8, 4) is 11.8 Å². The lowest BCUT2D eigenvalue weighted by molar-refractivity contribution is 0.164. The second kappa shape index (κ2) is 5.63. The van der Waals surface area contributed by atoms with Crippen LogP contribution >= 0.6 is 0 Å². The quantitative estimate of drug-likeness (QED) is 0.836. The van der Waals surface area contributed by atoms with E-state index in [9.17, 15) is 5.26 Å². The maximum Gasteiger partial charge on any atom is 0.119 e. The third kappa shape index (κ3) is 2.59. The van der Waals surface area contributed by atoms with Gasteiger partial charge in [-0.1, -0.05) is 19.9 Å². The first kappa shape index (κ1) is 13.9. The monoisotopic (exact) mass is 258 g/mol. The van der Waals surface area contributed by atoms with Crippen LogP contribution in [0.5, 0.6) is 5.75 Å². The fourth-order valence-electron chi connectivity index (χ4n) is 2.93. The first-order valence-corrected chi connectivity index (χ1v) is 6.85. The highest BCUT2D eigenvalue weighted by molar-refractivity contribution is 5.40. The Morgan fingerprint density at radius 2 is 2.16 bits per heavy atom. The van der Waals surface area contributed by atoms with E-state index in [0.717, 1.165) is 18.7 Å². The Bertz CT molecular complexity index is 490. The van der Waals surface area contributed by atoms with Crippen LogP contribution in [-0.4, -0.2) is 25.6 Å². The molecule has 19 heavy (non-hydrogen) atoms. The van der Waals surface area contributed by atoms with Gasteiger partial charge in [0.1, 0.15) is 5.75 Å². The summed E-state index contributed by atoms with van der Waals surface area (Å²) in [5, 5.41) is 9.51. The number of nitrogens with zero attached hydrogens (tertiary/aromatic N) is 2. The Kier molecular flexibility index (Phi) is 4.11. The fourth-order valence-corrected chi connectivity index (χ4v) is 2.93. The fraction of sp³-hybridized carbons (Fsp3) is 0.562. The molecule has 0 saturated carbocycles. The highest BCUT2D eigenvalue weighted by Gasteiger charge is 2.33. The van der Waals surface area contributed by atoms with Crippen LogP contribution in [-0.2, 0) is 6.42 Å². The van der Waals surface area contributed by atoms with E-state index in [2.05, 4.69) is 44.0 Å². The molecule has 3 heteroatoms. The lowest BCUT2D eigenvalue weighted by Gasteiger charge is -2.38. The van der Waals surface area contributed by atoms with Crippen LogP contribution in [0.15, 0.2) is 18.2 Å². The van der Waals surface area contributed by atoms with Gasteiger partial charge in [0.2, 0.25) is 0 Å². The van der Waals surface area contributed by atoms with E-state index in [0.29, 0.717) is 5.92 Å². The van der Waals surface area contributed by atoms with Crippen molar-refractivity contribution in [3.63, 3.8) is 0 Å². The van der Waals surface area contributed by atoms with Gasteiger partial charge in [-0.25, -0.2) is 0 Å². The molecule has 1 aliphatic rings. The van der Waals surface area contributed by atoms with Gasteiger partial charge in [0.05, 0.1) is 25.1 Å². The summed E-state index contributed by atoms with van der Waals surface area (Å²) in [6, 6.07) is 8.92. The van der Waals surface area contributed by atoms with E-state index in [1.807, 2.05) is 6.07 Å². The molecular weight excluding hydrogens is 236 g/mol. The second-order valence-corrected chi connectivity index (χ2v) is 5.64. The summed E-state index contributed by atoms with van der Waals surface area (Å²) >= 11 is 0. The number of benzene rings is 1. The first-order chi connectivity index (χ1) is 9.08. The van der Waals surface area contributed by atoms with Crippen LogP contribution in [0.25, 0.3) is 0 Å². The molecular formula is C16H22N2O. The van der Waals surface area contributed by atoms with Gasteiger partial charge < -0.3 is 4.74 Å². The van der Waals surface area contributed by atoms with E-state index < -0.39 is 0 Å². The van der Waals surface area contributed by atoms with Crippen LogP contribution in [0.2, 0.25) is 0 Å². The zero-order chi connectivity index (χ0) is 14.0. The number of hydrogen-bond donors (Lipinski definition) is 0. The maximum absolute atomic E-state index is 9.51. The predicted molar refractivity (Wildman–Crippen MR) is 76.0 cm³/mol. The van der Waals surface area contributed by atoms with Gasteiger partial charge in [0, 0.05) is 6.54 Å². The van der Waals surface area contributed by atoms with E-state index >= 15 is 0 Å². The largest absolute Gasteiger partial charge is 0.497 e. The van der Waals surface area contributed by atoms with Gasteiger partial charge in [-0.05, 0) is 42.6 Å². The lowest BCUT2D eigenvalue weighted by Crippen LogP contribution is -2.37. The molecule has 0 aliphatic carbocycles. The summed E-state index contributed by atoms with van der Waals surface area (Å²) in [6.07, 6.45) is 1.04. The Morgan fingerprint density at radius 3 is 2.74 bits per heavy atom. The Balaban J connectivity index is 2.47. The van der Waals surface area contributed by atoms with Crippen LogP contribution in [0.1, 0.15) is 31.0 Å². The Labute approximate surface area is 115 Å². The summed E-state index contributed by atoms with van der Waals surface area (Å²) in [5.41, 5.74) is 2.61. The van der Waals surface area contributed by atoms with Gasteiger partial charge in [-0.3, -0.25) is 4.90 Å². The van der Waals surface area contributed by atoms with Gasteiger partial charge in [-0.15, -0.1) is 0 Å². The van der Waals surface area contributed by atoms with Gasteiger partial charge in [-0.2, -0.15) is 5.26 Å². The van der Waals surface area contributed by atoms with E-state index in [4.69, 9.17) is 4.74 Å². The normalized spacial score (nSPS) is 20.7. The average molecular weight is 258 g/mol. The topological polar surface area (TPSA) is 36.3 Å². The minimum atomic E-state index is 0.0103. The lowest BCUT2D eigenvalue weighted by atomic mass is 9.80. The van der Waals surface area contributed by atoms with Crippen LogP contribution < -0.4 is 4.74 Å². The molecule has 0 amide bonds. The van der Waals surface area contributed by atoms with E-state index in [-0.39, 0.29) is 12.0 Å². The molecule has 1 aliphatic heterocycles. The molecule has 0 radical (unpaired) electrons. The minimum absolute atomic E-state index is 0.0103. The van der Waals surface area contributed by atoms with Crippen molar-refractivity contribution in [2.45, 2.75) is 26.3 Å². The number of hydrogen-bond acceptors (Lipinski definition) is 3. The van der Waals surface area contributed by atoms with Crippen molar-refractivity contribution in [3.05, 3.63) is 29.3 Å². The van der Waals surface area contributed by atoms with Crippen molar-refractivity contribution >= 4 is 0 Å². The highest BCUT2D eigenvalue weighted by atomic mass is 16.5. The molecule has 102 valence electrons. The molecule has 1 heterocycles. The van der Waals surface area contributed by atoms with Crippen molar-refractivity contribution in [2.75, 3.05) is 20.7 Å². The number of ether oxygens (including phenoxy) is 1. The molecule has 0 bridgehead atoms.